The van der Waals surface area contributed by atoms with Crippen LogP contribution in [0.5, 0.6) is 0 Å². The first-order valence-electron chi connectivity index (χ1n) is 11.9. The Morgan fingerprint density at radius 1 is 0.933 bits per heavy atom. The van der Waals surface area contributed by atoms with Crippen LogP contribution in [0.2, 0.25) is 0 Å². The van der Waals surface area contributed by atoms with Gasteiger partial charge in [0.1, 0.15) is 11.6 Å². The minimum Gasteiger partial charge on any atom is -0.465 e. The number of hydrogen-bond donors (Lipinski definition) is 0. The number of hydrogen-bond acceptors (Lipinski definition) is 4. The molecule has 0 aromatic rings. The number of Topliss-reactive ketones (excluding diaryl/α,β-unsaturated/α-hetero) is 2. The molecule has 1 aliphatic heterocycles. The van der Waals surface area contributed by atoms with Gasteiger partial charge in [-0.05, 0) is 61.2 Å². The molecule has 0 radical (unpaired) electrons. The fraction of sp³-hybridized carbons (Fsp3) is 0.808. The highest BCUT2D eigenvalue weighted by Gasteiger charge is 2.68. The molecule has 0 bridgehead atoms. The lowest BCUT2D eigenvalue weighted by molar-refractivity contribution is -0.172. The summed E-state index contributed by atoms with van der Waals surface area (Å²) in [6.07, 6.45) is 8.00. The zero-order valence-electron chi connectivity index (χ0n) is 19.2. The highest BCUT2D eigenvalue weighted by molar-refractivity contribution is 5.93. The third kappa shape index (κ3) is 2.31. The van der Waals surface area contributed by atoms with E-state index in [2.05, 4.69) is 40.7 Å². The third-order valence-electron chi connectivity index (χ3n) is 10.7. The van der Waals surface area contributed by atoms with Crippen molar-refractivity contribution in [2.45, 2.75) is 79.6 Å². The zero-order valence-corrected chi connectivity index (χ0v) is 19.2. The van der Waals surface area contributed by atoms with Crippen molar-refractivity contribution in [1.29, 1.82) is 0 Å². The van der Waals surface area contributed by atoms with Crippen LogP contribution >= 0.6 is 0 Å². The second-order valence-corrected chi connectivity index (χ2v) is 12.1. The first kappa shape index (κ1) is 20.5. The van der Waals surface area contributed by atoms with Gasteiger partial charge in [-0.3, -0.25) is 14.4 Å². The summed E-state index contributed by atoms with van der Waals surface area (Å²) < 4.78 is 5.31. The van der Waals surface area contributed by atoms with Crippen LogP contribution in [0.25, 0.3) is 0 Å². The maximum Gasteiger partial charge on any atom is 0.306 e. The number of allylic oxidation sites excluding steroid dienone is 2. The van der Waals surface area contributed by atoms with Crippen molar-refractivity contribution in [1.82, 2.24) is 0 Å². The summed E-state index contributed by atoms with van der Waals surface area (Å²) in [6.45, 7) is 11.6. The standard InChI is InChI=1S/C26H36O4/c1-23(2)19-13-21(28)26(5)17-7-6-16(15-12-22(29)30-14-15)24(17,3)10-8-18(26)25(19,4)11-9-20(23)27/h7,15-16,18-19H,6,8-14H2,1-5H3. The maximum absolute atomic E-state index is 13.9. The normalized spacial score (nSPS) is 49.8. The zero-order chi connectivity index (χ0) is 21.7. The van der Waals surface area contributed by atoms with Gasteiger partial charge in [0.15, 0.2) is 0 Å². The molecule has 164 valence electrons. The molecule has 5 aliphatic rings. The lowest BCUT2D eigenvalue weighted by Gasteiger charge is -2.65. The van der Waals surface area contributed by atoms with Crippen LogP contribution in [0, 0.1) is 45.3 Å². The molecule has 5 rings (SSSR count). The fourth-order valence-corrected chi connectivity index (χ4v) is 9.02. The molecular weight excluding hydrogens is 376 g/mol. The van der Waals surface area contributed by atoms with Crippen LogP contribution in [-0.4, -0.2) is 24.1 Å². The smallest absolute Gasteiger partial charge is 0.306 e. The molecule has 7 unspecified atom stereocenters. The van der Waals surface area contributed by atoms with Gasteiger partial charge in [0.25, 0.3) is 0 Å². The van der Waals surface area contributed by atoms with Crippen LogP contribution in [0.1, 0.15) is 79.6 Å². The van der Waals surface area contributed by atoms with Crippen LogP contribution in [0.4, 0.5) is 0 Å². The summed E-state index contributed by atoms with van der Waals surface area (Å²) >= 11 is 0. The molecule has 1 saturated heterocycles. The molecule has 0 aromatic heterocycles. The number of cyclic esters (lactones) is 1. The van der Waals surface area contributed by atoms with Crippen molar-refractivity contribution >= 4 is 17.5 Å². The Labute approximate surface area is 180 Å². The minimum atomic E-state index is -0.438. The molecule has 0 spiro atoms. The lowest BCUT2D eigenvalue weighted by atomic mass is 9.37. The largest absolute Gasteiger partial charge is 0.465 e. The van der Waals surface area contributed by atoms with E-state index in [-0.39, 0.29) is 28.6 Å². The van der Waals surface area contributed by atoms with E-state index >= 15 is 0 Å². The third-order valence-corrected chi connectivity index (χ3v) is 10.7. The number of carbonyl (C=O) groups excluding carboxylic acids is 3. The summed E-state index contributed by atoms with van der Waals surface area (Å²) in [7, 11) is 0. The van der Waals surface area contributed by atoms with E-state index in [1.165, 1.54) is 5.57 Å². The highest BCUT2D eigenvalue weighted by atomic mass is 16.5. The summed E-state index contributed by atoms with van der Waals surface area (Å²) in [5.41, 5.74) is 0.483. The monoisotopic (exact) mass is 412 g/mol. The summed E-state index contributed by atoms with van der Waals surface area (Å²) in [5, 5.41) is 0. The number of carbonyl (C=O) groups is 3. The van der Waals surface area contributed by atoms with Crippen LogP contribution in [-0.2, 0) is 19.1 Å². The molecule has 1 heterocycles. The molecule has 4 heteroatoms. The second kappa shape index (κ2) is 6.07. The van der Waals surface area contributed by atoms with Gasteiger partial charge in [0.05, 0.1) is 18.4 Å². The Balaban J connectivity index is 1.54. The predicted molar refractivity (Wildman–Crippen MR) is 113 cm³/mol. The van der Waals surface area contributed by atoms with Crippen LogP contribution in [0.15, 0.2) is 11.6 Å². The molecule has 0 N–H and O–H groups in total. The average Bonchev–Trinajstić information content (AvgIpc) is 3.25. The van der Waals surface area contributed by atoms with Crippen LogP contribution < -0.4 is 0 Å². The fourth-order valence-electron chi connectivity index (χ4n) is 9.02. The molecule has 30 heavy (non-hydrogen) atoms. The highest BCUT2D eigenvalue weighted by Crippen LogP contribution is 2.72. The molecule has 0 amide bonds. The Morgan fingerprint density at radius 2 is 1.67 bits per heavy atom. The predicted octanol–water partition coefficient (Wildman–Crippen LogP) is 4.90. The van der Waals surface area contributed by atoms with Gasteiger partial charge in [-0.1, -0.05) is 39.3 Å². The Morgan fingerprint density at radius 3 is 2.33 bits per heavy atom. The van der Waals surface area contributed by atoms with Crippen molar-refractivity contribution < 1.29 is 19.1 Å². The quantitative estimate of drug-likeness (QED) is 0.454. The maximum atomic E-state index is 13.9. The number of fused-ring (bicyclic) bond motifs is 5. The van der Waals surface area contributed by atoms with Gasteiger partial charge in [0.2, 0.25) is 0 Å². The number of rotatable bonds is 1. The first-order valence-corrected chi connectivity index (χ1v) is 11.9. The molecular formula is C26H36O4. The van der Waals surface area contributed by atoms with Gasteiger partial charge in [0, 0.05) is 24.2 Å². The van der Waals surface area contributed by atoms with E-state index < -0.39 is 10.8 Å². The molecule has 4 aliphatic carbocycles. The van der Waals surface area contributed by atoms with E-state index in [9.17, 15) is 14.4 Å². The van der Waals surface area contributed by atoms with Crippen molar-refractivity contribution in [3.63, 3.8) is 0 Å². The minimum absolute atomic E-state index is 0.0206. The van der Waals surface area contributed by atoms with E-state index in [0.29, 0.717) is 49.3 Å². The summed E-state index contributed by atoms with van der Waals surface area (Å²) in [6, 6.07) is 0. The van der Waals surface area contributed by atoms with E-state index in [1.54, 1.807) is 0 Å². The molecule has 7 atom stereocenters. The van der Waals surface area contributed by atoms with Crippen molar-refractivity contribution in [3.8, 4) is 0 Å². The first-order chi connectivity index (χ1) is 14.0. The van der Waals surface area contributed by atoms with Crippen LogP contribution in [0.3, 0.4) is 0 Å². The topological polar surface area (TPSA) is 60.4 Å². The molecule has 0 aromatic carbocycles. The second-order valence-electron chi connectivity index (χ2n) is 12.1. The van der Waals surface area contributed by atoms with Crippen molar-refractivity contribution in [2.75, 3.05) is 6.61 Å². The Hall–Kier alpha value is -1.45. The number of ether oxygens (including phenoxy) is 1. The Kier molecular flexibility index (Phi) is 4.14. The van der Waals surface area contributed by atoms with Gasteiger partial charge >= 0.3 is 5.97 Å². The molecule has 3 saturated carbocycles. The lowest BCUT2D eigenvalue weighted by Crippen LogP contribution is -2.63. The van der Waals surface area contributed by atoms with Crippen molar-refractivity contribution in [2.24, 2.45) is 45.3 Å². The Bertz CT molecular complexity index is 868. The van der Waals surface area contributed by atoms with Gasteiger partial charge in [-0.15, -0.1) is 0 Å². The van der Waals surface area contributed by atoms with Gasteiger partial charge < -0.3 is 4.74 Å². The number of esters is 1. The molecule has 4 fully saturated rings. The van der Waals surface area contributed by atoms with Gasteiger partial charge in [-0.2, -0.15) is 0 Å². The number of ketones is 2. The van der Waals surface area contributed by atoms with Crippen molar-refractivity contribution in [3.05, 3.63) is 11.6 Å². The summed E-state index contributed by atoms with van der Waals surface area (Å²) in [4.78, 5) is 38.4. The summed E-state index contributed by atoms with van der Waals surface area (Å²) in [5.74, 6) is 1.68. The average molecular weight is 413 g/mol. The van der Waals surface area contributed by atoms with E-state index in [1.807, 2.05) is 0 Å². The van der Waals surface area contributed by atoms with E-state index in [0.717, 1.165) is 25.7 Å². The van der Waals surface area contributed by atoms with Gasteiger partial charge in [-0.25, -0.2) is 0 Å². The van der Waals surface area contributed by atoms with E-state index in [4.69, 9.17) is 4.74 Å². The SMILES string of the molecule is CC1(C)C(=O)CCC2(C)C1CC(=O)C1(C)C3=CCC(C4COC(=O)C4)C3(C)CCC12. The molecule has 4 nitrogen and oxygen atoms in total.